The third-order valence-electron chi connectivity index (χ3n) is 3.86. The van der Waals surface area contributed by atoms with Crippen LogP contribution in [0.3, 0.4) is 0 Å². The second-order valence-corrected chi connectivity index (χ2v) is 6.83. The molecule has 7 heteroatoms. The van der Waals surface area contributed by atoms with E-state index in [-0.39, 0.29) is 11.8 Å². The minimum Gasteiger partial charge on any atom is -0.374 e. The van der Waals surface area contributed by atoms with E-state index in [1.807, 2.05) is 12.3 Å². The van der Waals surface area contributed by atoms with E-state index in [2.05, 4.69) is 44.4 Å². The molecule has 2 aliphatic heterocycles. The van der Waals surface area contributed by atoms with Crippen molar-refractivity contribution < 1.29 is 9.59 Å². The maximum absolute atomic E-state index is 11.9. The second kappa shape index (κ2) is 7.63. The van der Waals surface area contributed by atoms with Crippen molar-refractivity contribution in [1.82, 2.24) is 15.1 Å². The van der Waals surface area contributed by atoms with Gasteiger partial charge in [-0.05, 0) is 17.3 Å². The average molecular weight is 344 g/mol. The molecular formula is C17H20N4O2S. The topological polar surface area (TPSA) is 65.0 Å². The molecule has 0 radical (unpaired) electrons. The number of aliphatic imine (C=N–C) groups is 1. The van der Waals surface area contributed by atoms with Gasteiger partial charge in [-0.1, -0.05) is 30.3 Å². The van der Waals surface area contributed by atoms with Crippen LogP contribution in [0, 0.1) is 0 Å². The third kappa shape index (κ3) is 4.46. The van der Waals surface area contributed by atoms with Crippen molar-refractivity contribution in [2.24, 2.45) is 4.99 Å². The minimum absolute atomic E-state index is 0.218. The molecule has 0 atom stereocenters. The van der Waals surface area contributed by atoms with Crippen LogP contribution >= 0.6 is 11.8 Å². The highest BCUT2D eigenvalue weighted by Gasteiger charge is 2.24. The van der Waals surface area contributed by atoms with Gasteiger partial charge < -0.3 is 10.2 Å². The second-order valence-electron chi connectivity index (χ2n) is 5.80. The molecule has 0 unspecified atom stereocenters. The third-order valence-corrected chi connectivity index (χ3v) is 4.75. The van der Waals surface area contributed by atoms with Gasteiger partial charge in [0, 0.05) is 45.8 Å². The first-order valence-electron chi connectivity index (χ1n) is 7.91. The molecule has 1 aromatic carbocycles. The van der Waals surface area contributed by atoms with E-state index in [0.29, 0.717) is 10.1 Å². The van der Waals surface area contributed by atoms with Gasteiger partial charge in [0.1, 0.15) is 0 Å². The fourth-order valence-corrected chi connectivity index (χ4v) is 3.53. The zero-order chi connectivity index (χ0) is 16.9. The molecule has 1 saturated heterocycles. The van der Waals surface area contributed by atoms with Crippen molar-refractivity contribution in [3.8, 4) is 0 Å². The van der Waals surface area contributed by atoms with Crippen molar-refractivity contribution in [2.45, 2.75) is 13.5 Å². The number of carbonyl (C=O) groups is 2. The van der Waals surface area contributed by atoms with Crippen LogP contribution in [0.5, 0.6) is 0 Å². The lowest BCUT2D eigenvalue weighted by Gasteiger charge is -2.34. The Morgan fingerprint density at radius 2 is 1.96 bits per heavy atom. The van der Waals surface area contributed by atoms with E-state index >= 15 is 0 Å². The highest BCUT2D eigenvalue weighted by Crippen LogP contribution is 2.26. The molecular weight excluding hydrogens is 324 g/mol. The molecule has 6 nitrogen and oxygen atoms in total. The summed E-state index contributed by atoms with van der Waals surface area (Å²) in [4.78, 5) is 31.9. The average Bonchev–Trinajstić information content (AvgIpc) is 2.89. The van der Waals surface area contributed by atoms with Crippen LogP contribution in [0.25, 0.3) is 0 Å². The normalized spacial score (nSPS) is 20.4. The highest BCUT2D eigenvalue weighted by atomic mass is 32.2. The number of piperazine rings is 1. The van der Waals surface area contributed by atoms with Crippen molar-refractivity contribution in [3.05, 3.63) is 47.0 Å². The Kier molecular flexibility index (Phi) is 5.32. The van der Waals surface area contributed by atoms with Gasteiger partial charge >= 0.3 is 0 Å². The van der Waals surface area contributed by atoms with Crippen LogP contribution in [0.4, 0.5) is 0 Å². The van der Waals surface area contributed by atoms with Gasteiger partial charge in [-0.25, -0.2) is 0 Å². The van der Waals surface area contributed by atoms with E-state index in [1.165, 1.54) is 24.2 Å². The van der Waals surface area contributed by atoms with E-state index in [9.17, 15) is 9.59 Å². The SMILES string of the molecule is CC(=O)NC1=NC(=O)/C(=C/N2CCN(Cc3ccccc3)CC2)S1. The number of hydrogen-bond acceptors (Lipinski definition) is 5. The number of rotatable bonds is 3. The standard InChI is InChI=1S/C17H20N4O2S/c1-13(22)18-17-19-16(23)15(24-17)12-21-9-7-20(8-10-21)11-14-5-3-2-4-6-14/h2-6,12H,7-11H2,1H3,(H,18,19,22,23)/b15-12-. The molecule has 0 aliphatic carbocycles. The molecule has 0 spiro atoms. The van der Waals surface area contributed by atoms with Gasteiger partial charge in [-0.15, -0.1) is 0 Å². The zero-order valence-corrected chi connectivity index (χ0v) is 14.4. The maximum atomic E-state index is 11.9. The monoisotopic (exact) mass is 344 g/mol. The molecule has 126 valence electrons. The molecule has 2 amide bonds. The van der Waals surface area contributed by atoms with Gasteiger partial charge in [0.2, 0.25) is 5.91 Å². The first-order chi connectivity index (χ1) is 11.6. The molecule has 24 heavy (non-hydrogen) atoms. The Morgan fingerprint density at radius 3 is 2.62 bits per heavy atom. The number of nitrogens with one attached hydrogen (secondary N) is 1. The van der Waals surface area contributed by atoms with Crippen LogP contribution in [0.15, 0.2) is 46.4 Å². The van der Waals surface area contributed by atoms with Gasteiger partial charge in [-0.2, -0.15) is 4.99 Å². The van der Waals surface area contributed by atoms with E-state index in [4.69, 9.17) is 0 Å². The lowest BCUT2D eigenvalue weighted by Crippen LogP contribution is -2.43. The molecule has 0 aromatic heterocycles. The summed E-state index contributed by atoms with van der Waals surface area (Å²) in [5, 5.41) is 2.92. The lowest BCUT2D eigenvalue weighted by atomic mass is 10.2. The molecule has 0 saturated carbocycles. The summed E-state index contributed by atoms with van der Waals surface area (Å²) in [5.74, 6) is -0.500. The Morgan fingerprint density at radius 1 is 1.25 bits per heavy atom. The summed E-state index contributed by atoms with van der Waals surface area (Å²) < 4.78 is 0. The van der Waals surface area contributed by atoms with Crippen molar-refractivity contribution in [2.75, 3.05) is 26.2 Å². The van der Waals surface area contributed by atoms with Gasteiger partial charge in [-0.3, -0.25) is 14.5 Å². The molecule has 1 N–H and O–H groups in total. The number of amides is 2. The number of hydrogen-bond donors (Lipinski definition) is 1. The summed E-state index contributed by atoms with van der Waals surface area (Å²) in [6.07, 6.45) is 1.87. The van der Waals surface area contributed by atoms with Crippen LogP contribution in [-0.2, 0) is 16.1 Å². The van der Waals surface area contributed by atoms with Gasteiger partial charge in [0.25, 0.3) is 5.91 Å². The maximum Gasteiger partial charge on any atom is 0.287 e. The minimum atomic E-state index is -0.282. The van der Waals surface area contributed by atoms with Crippen molar-refractivity contribution in [3.63, 3.8) is 0 Å². The Bertz CT molecular complexity index is 679. The van der Waals surface area contributed by atoms with E-state index < -0.39 is 0 Å². The van der Waals surface area contributed by atoms with Crippen molar-refractivity contribution in [1.29, 1.82) is 0 Å². The molecule has 1 fully saturated rings. The molecule has 2 heterocycles. The lowest BCUT2D eigenvalue weighted by molar-refractivity contribution is -0.117. The van der Waals surface area contributed by atoms with Gasteiger partial charge in [0.15, 0.2) is 5.17 Å². The van der Waals surface area contributed by atoms with E-state index in [1.54, 1.807) is 0 Å². The predicted octanol–water partition coefficient (Wildman–Crippen LogP) is 1.41. The van der Waals surface area contributed by atoms with Crippen molar-refractivity contribution >= 4 is 28.7 Å². The molecule has 2 aliphatic rings. The molecule has 1 aromatic rings. The van der Waals surface area contributed by atoms with Gasteiger partial charge in [0.05, 0.1) is 4.91 Å². The summed E-state index contributed by atoms with van der Waals surface area (Å²) >= 11 is 1.22. The summed E-state index contributed by atoms with van der Waals surface area (Å²) in [6, 6.07) is 10.4. The highest BCUT2D eigenvalue weighted by molar-refractivity contribution is 8.18. The first-order valence-corrected chi connectivity index (χ1v) is 8.72. The fourth-order valence-electron chi connectivity index (χ4n) is 2.66. The fraction of sp³-hybridized carbons (Fsp3) is 0.353. The Balaban J connectivity index is 1.50. The number of benzene rings is 1. The van der Waals surface area contributed by atoms with E-state index in [0.717, 1.165) is 32.7 Å². The smallest absolute Gasteiger partial charge is 0.287 e. The summed E-state index contributed by atoms with van der Waals surface area (Å²) in [7, 11) is 0. The van der Waals surface area contributed by atoms with Crippen LogP contribution in [-0.4, -0.2) is 53.0 Å². The largest absolute Gasteiger partial charge is 0.374 e. The number of nitrogens with zero attached hydrogens (tertiary/aromatic N) is 3. The number of thioether (sulfide) groups is 1. The Hall–Kier alpha value is -2.12. The quantitative estimate of drug-likeness (QED) is 0.840. The first kappa shape index (κ1) is 16.7. The van der Waals surface area contributed by atoms with Crippen LogP contribution in [0.1, 0.15) is 12.5 Å². The van der Waals surface area contributed by atoms with Crippen LogP contribution < -0.4 is 5.32 Å². The Labute approximate surface area is 145 Å². The number of carbonyl (C=O) groups excluding carboxylic acids is 2. The summed E-state index contributed by atoms with van der Waals surface area (Å²) in [5.41, 5.74) is 1.32. The zero-order valence-electron chi connectivity index (χ0n) is 13.6. The molecule has 3 rings (SSSR count). The number of amidine groups is 1. The van der Waals surface area contributed by atoms with Crippen LogP contribution in [0.2, 0.25) is 0 Å². The summed E-state index contributed by atoms with van der Waals surface area (Å²) in [6.45, 7) is 6.02. The molecule has 0 bridgehead atoms. The predicted molar refractivity (Wildman–Crippen MR) is 95.2 cm³/mol.